The van der Waals surface area contributed by atoms with Gasteiger partial charge in [-0.15, -0.1) is 0 Å². The summed E-state index contributed by atoms with van der Waals surface area (Å²) in [6.07, 6.45) is 9.53. The number of hydrogen-bond donors (Lipinski definition) is 1. The third kappa shape index (κ3) is 3.81. The first-order valence-electron chi connectivity index (χ1n) is 8.42. The first-order chi connectivity index (χ1) is 10.2. The molecule has 1 aromatic carbocycles. The minimum atomic E-state index is 0.435. The average molecular weight is 352 g/mol. The topological polar surface area (TPSA) is 21.3 Å². The Balaban J connectivity index is 1.69. The monoisotopic (exact) mass is 351 g/mol. The molecule has 0 aromatic heterocycles. The van der Waals surface area contributed by atoms with Crippen LogP contribution in [-0.2, 0) is 0 Å². The molecule has 0 bridgehead atoms. The normalized spacial score (nSPS) is 24.8. The second-order valence-corrected chi connectivity index (χ2v) is 7.49. The van der Waals surface area contributed by atoms with Gasteiger partial charge in [0.2, 0.25) is 0 Å². The van der Waals surface area contributed by atoms with E-state index in [9.17, 15) is 0 Å². The molecule has 1 fully saturated rings. The lowest BCUT2D eigenvalue weighted by Crippen LogP contribution is -2.38. The Kier molecular flexibility index (Phi) is 5.23. The molecular weight excluding hydrogens is 326 g/mol. The third-order valence-electron chi connectivity index (χ3n) is 5.08. The SMILES string of the molecule is C[C@@H](NC1CCOc2ccc(Br)cc21)C1CCCCCC1. The highest BCUT2D eigenvalue weighted by atomic mass is 79.9. The molecule has 21 heavy (non-hydrogen) atoms. The zero-order chi connectivity index (χ0) is 14.7. The predicted molar refractivity (Wildman–Crippen MR) is 90.8 cm³/mol. The maximum atomic E-state index is 5.79. The Hall–Kier alpha value is -0.540. The molecule has 3 heteroatoms. The van der Waals surface area contributed by atoms with Crippen LogP contribution in [-0.4, -0.2) is 12.6 Å². The van der Waals surface area contributed by atoms with Crippen LogP contribution in [0.3, 0.4) is 0 Å². The Labute approximate surface area is 136 Å². The molecule has 1 aliphatic carbocycles. The van der Waals surface area contributed by atoms with Gasteiger partial charge in [-0.05, 0) is 43.9 Å². The molecule has 0 spiro atoms. The number of fused-ring (bicyclic) bond motifs is 1. The van der Waals surface area contributed by atoms with E-state index in [1.807, 2.05) is 0 Å². The van der Waals surface area contributed by atoms with E-state index in [0.717, 1.165) is 29.2 Å². The summed E-state index contributed by atoms with van der Waals surface area (Å²) in [4.78, 5) is 0. The summed E-state index contributed by atoms with van der Waals surface area (Å²) in [5.74, 6) is 1.89. The molecule has 0 amide bonds. The first kappa shape index (κ1) is 15.4. The zero-order valence-electron chi connectivity index (χ0n) is 12.9. The lowest BCUT2D eigenvalue weighted by molar-refractivity contribution is 0.227. The van der Waals surface area contributed by atoms with Crippen molar-refractivity contribution in [2.45, 2.75) is 64.0 Å². The van der Waals surface area contributed by atoms with Crippen LogP contribution in [0.15, 0.2) is 22.7 Å². The first-order valence-corrected chi connectivity index (χ1v) is 9.21. The van der Waals surface area contributed by atoms with Crippen molar-refractivity contribution in [3.05, 3.63) is 28.2 Å². The van der Waals surface area contributed by atoms with E-state index in [4.69, 9.17) is 4.74 Å². The largest absolute Gasteiger partial charge is 0.493 e. The van der Waals surface area contributed by atoms with Crippen molar-refractivity contribution in [1.29, 1.82) is 0 Å². The fourth-order valence-electron chi connectivity index (χ4n) is 3.80. The molecule has 1 saturated carbocycles. The van der Waals surface area contributed by atoms with Crippen molar-refractivity contribution in [3.63, 3.8) is 0 Å². The van der Waals surface area contributed by atoms with E-state index in [1.54, 1.807) is 0 Å². The van der Waals surface area contributed by atoms with Gasteiger partial charge in [-0.1, -0.05) is 41.6 Å². The molecule has 2 atom stereocenters. The highest BCUT2D eigenvalue weighted by Crippen LogP contribution is 2.35. The van der Waals surface area contributed by atoms with E-state index in [1.165, 1.54) is 44.1 Å². The third-order valence-corrected chi connectivity index (χ3v) is 5.58. The molecule has 1 aromatic rings. The van der Waals surface area contributed by atoms with Crippen molar-refractivity contribution in [3.8, 4) is 5.75 Å². The summed E-state index contributed by atoms with van der Waals surface area (Å²) >= 11 is 3.59. The van der Waals surface area contributed by atoms with Crippen LogP contribution in [0.1, 0.15) is 63.5 Å². The molecule has 2 nitrogen and oxygen atoms in total. The highest BCUT2D eigenvalue weighted by Gasteiger charge is 2.26. The van der Waals surface area contributed by atoms with Crippen LogP contribution in [0.25, 0.3) is 0 Å². The average Bonchev–Trinajstić information content (AvgIpc) is 2.77. The van der Waals surface area contributed by atoms with Gasteiger partial charge < -0.3 is 10.1 Å². The van der Waals surface area contributed by atoms with E-state index >= 15 is 0 Å². The van der Waals surface area contributed by atoms with Crippen molar-refractivity contribution in [2.24, 2.45) is 5.92 Å². The minimum absolute atomic E-state index is 0.435. The minimum Gasteiger partial charge on any atom is -0.493 e. The van der Waals surface area contributed by atoms with E-state index in [2.05, 4.69) is 46.4 Å². The molecular formula is C18H26BrNO. The van der Waals surface area contributed by atoms with Crippen LogP contribution in [0.4, 0.5) is 0 Å². The molecule has 0 saturated heterocycles. The molecule has 2 aliphatic rings. The maximum Gasteiger partial charge on any atom is 0.124 e. The van der Waals surface area contributed by atoms with Crippen molar-refractivity contribution in [1.82, 2.24) is 5.32 Å². The summed E-state index contributed by atoms with van der Waals surface area (Å²) in [7, 11) is 0. The van der Waals surface area contributed by atoms with Crippen LogP contribution in [0.5, 0.6) is 5.75 Å². The number of benzene rings is 1. The van der Waals surface area contributed by atoms with Gasteiger partial charge in [0.25, 0.3) is 0 Å². The van der Waals surface area contributed by atoms with E-state index in [-0.39, 0.29) is 0 Å². The van der Waals surface area contributed by atoms with E-state index < -0.39 is 0 Å². The molecule has 1 aliphatic heterocycles. The molecule has 1 N–H and O–H groups in total. The lowest BCUT2D eigenvalue weighted by Gasteiger charge is -2.32. The number of nitrogens with one attached hydrogen (secondary N) is 1. The van der Waals surface area contributed by atoms with Crippen molar-refractivity contribution in [2.75, 3.05) is 6.61 Å². The number of ether oxygens (including phenoxy) is 1. The van der Waals surface area contributed by atoms with Crippen LogP contribution < -0.4 is 10.1 Å². The van der Waals surface area contributed by atoms with Crippen LogP contribution in [0, 0.1) is 5.92 Å². The number of halogens is 1. The van der Waals surface area contributed by atoms with Gasteiger partial charge in [0.15, 0.2) is 0 Å². The van der Waals surface area contributed by atoms with Gasteiger partial charge in [0, 0.05) is 28.5 Å². The summed E-state index contributed by atoms with van der Waals surface area (Å²) in [5.41, 5.74) is 1.32. The van der Waals surface area contributed by atoms with Crippen LogP contribution >= 0.6 is 15.9 Å². The fraction of sp³-hybridized carbons (Fsp3) is 0.667. The van der Waals surface area contributed by atoms with Gasteiger partial charge in [-0.25, -0.2) is 0 Å². The van der Waals surface area contributed by atoms with Gasteiger partial charge in [-0.2, -0.15) is 0 Å². The van der Waals surface area contributed by atoms with Crippen molar-refractivity contribution >= 4 is 15.9 Å². The Morgan fingerprint density at radius 2 is 1.90 bits per heavy atom. The van der Waals surface area contributed by atoms with Gasteiger partial charge in [-0.3, -0.25) is 0 Å². The summed E-state index contributed by atoms with van der Waals surface area (Å²) in [5, 5.41) is 3.90. The van der Waals surface area contributed by atoms with E-state index in [0.29, 0.717) is 12.1 Å². The number of hydrogen-bond acceptors (Lipinski definition) is 2. The summed E-state index contributed by atoms with van der Waals surface area (Å²) in [6, 6.07) is 7.40. The zero-order valence-corrected chi connectivity index (χ0v) is 14.5. The highest BCUT2D eigenvalue weighted by molar-refractivity contribution is 9.10. The Morgan fingerprint density at radius 1 is 1.14 bits per heavy atom. The summed E-state index contributed by atoms with van der Waals surface area (Å²) < 4.78 is 6.93. The van der Waals surface area contributed by atoms with Crippen molar-refractivity contribution < 1.29 is 4.74 Å². The second-order valence-electron chi connectivity index (χ2n) is 6.58. The van der Waals surface area contributed by atoms with Crippen LogP contribution in [0.2, 0.25) is 0 Å². The second kappa shape index (κ2) is 7.15. The molecule has 1 unspecified atom stereocenters. The Morgan fingerprint density at radius 3 is 2.67 bits per heavy atom. The quantitative estimate of drug-likeness (QED) is 0.753. The standard InChI is InChI=1S/C18H26BrNO/c1-13(14-6-4-2-3-5-7-14)20-17-10-11-21-18-9-8-15(19)12-16(17)18/h8-9,12-14,17,20H,2-7,10-11H2,1H3/t13-,17?/m1/s1. The van der Waals surface area contributed by atoms with Gasteiger partial charge in [0.05, 0.1) is 6.61 Å². The molecule has 3 rings (SSSR count). The van der Waals surface area contributed by atoms with Gasteiger partial charge >= 0.3 is 0 Å². The maximum absolute atomic E-state index is 5.79. The fourth-order valence-corrected chi connectivity index (χ4v) is 4.18. The smallest absolute Gasteiger partial charge is 0.124 e. The molecule has 1 heterocycles. The summed E-state index contributed by atoms with van der Waals surface area (Å²) in [6.45, 7) is 3.20. The van der Waals surface area contributed by atoms with Gasteiger partial charge in [0.1, 0.15) is 5.75 Å². The number of rotatable bonds is 3. The molecule has 116 valence electrons. The Bertz CT molecular complexity index is 468. The lowest BCUT2D eigenvalue weighted by atomic mass is 9.91. The predicted octanol–water partition coefficient (Wildman–Crippen LogP) is 5.22. The molecule has 0 radical (unpaired) electrons.